The molecular weight excluding hydrogens is 280 g/mol. The van der Waals surface area contributed by atoms with Crippen LogP contribution in [0.5, 0.6) is 0 Å². The van der Waals surface area contributed by atoms with Gasteiger partial charge in [0.1, 0.15) is 0 Å². The molecule has 0 amide bonds. The van der Waals surface area contributed by atoms with E-state index < -0.39 is 0 Å². The molecule has 0 aromatic carbocycles. The van der Waals surface area contributed by atoms with Crippen LogP contribution in [0.25, 0.3) is 0 Å². The van der Waals surface area contributed by atoms with Gasteiger partial charge in [-0.25, -0.2) is 0 Å². The second-order valence-corrected chi connectivity index (χ2v) is 9.33. The molecule has 0 unspecified atom stereocenters. The highest BCUT2D eigenvalue weighted by Gasteiger charge is 2.47. The number of nitrogens with one attached hydrogen (secondary N) is 2. The number of rotatable bonds is 6. The second kappa shape index (κ2) is 7.87. The van der Waals surface area contributed by atoms with Gasteiger partial charge in [0.2, 0.25) is 0 Å². The minimum absolute atomic E-state index is 0.867. The summed E-state index contributed by atoms with van der Waals surface area (Å²) in [4.78, 5) is 0. The molecule has 5 aliphatic rings. The third-order valence-corrected chi connectivity index (χ3v) is 7.57. The molecule has 0 aromatic rings. The summed E-state index contributed by atoms with van der Waals surface area (Å²) in [5.41, 5.74) is 0. The Kier molecular flexibility index (Phi) is 5.61. The zero-order valence-corrected chi connectivity index (χ0v) is 15.1. The summed E-state index contributed by atoms with van der Waals surface area (Å²) < 4.78 is 0. The Labute approximate surface area is 143 Å². The van der Waals surface area contributed by atoms with Crippen molar-refractivity contribution >= 4 is 0 Å². The van der Waals surface area contributed by atoms with Crippen molar-refractivity contribution in [2.45, 2.75) is 83.1 Å². The molecule has 23 heavy (non-hydrogen) atoms. The van der Waals surface area contributed by atoms with E-state index in [1.54, 1.807) is 32.1 Å². The fraction of sp³-hybridized carbons (Fsp3) is 1.00. The monoisotopic (exact) mass is 318 g/mol. The quantitative estimate of drug-likeness (QED) is 0.711. The topological polar surface area (TPSA) is 24.1 Å². The summed E-state index contributed by atoms with van der Waals surface area (Å²) in [5, 5.41) is 7.73. The molecule has 2 heteroatoms. The maximum absolute atomic E-state index is 3.96. The lowest BCUT2D eigenvalue weighted by Gasteiger charge is -2.54. The van der Waals surface area contributed by atoms with Gasteiger partial charge in [-0.2, -0.15) is 0 Å². The van der Waals surface area contributed by atoms with Crippen molar-refractivity contribution in [1.82, 2.24) is 10.6 Å². The molecule has 132 valence electrons. The Morgan fingerprint density at radius 2 is 1.26 bits per heavy atom. The molecule has 2 nitrogen and oxygen atoms in total. The third kappa shape index (κ3) is 4.12. The highest BCUT2D eigenvalue weighted by Crippen LogP contribution is 2.53. The molecule has 0 aromatic heterocycles. The van der Waals surface area contributed by atoms with Crippen molar-refractivity contribution in [3.05, 3.63) is 0 Å². The van der Waals surface area contributed by atoms with Crippen molar-refractivity contribution in [2.24, 2.45) is 29.6 Å². The first-order valence-electron chi connectivity index (χ1n) is 10.8. The fourth-order valence-corrected chi connectivity index (χ4v) is 6.64. The lowest BCUT2D eigenvalue weighted by atomic mass is 9.54. The predicted octanol–water partition coefficient (Wildman–Crippen LogP) is 4.35. The normalized spacial score (nSPS) is 41.0. The third-order valence-electron chi connectivity index (χ3n) is 7.57. The van der Waals surface area contributed by atoms with E-state index in [9.17, 15) is 0 Å². The molecular formula is C21H38N2. The Hall–Kier alpha value is -0.0800. The molecule has 0 atom stereocenters. The Bertz CT molecular complexity index is 331. The van der Waals surface area contributed by atoms with Crippen LogP contribution >= 0.6 is 0 Å². The largest absolute Gasteiger partial charge is 0.315 e. The Morgan fingerprint density at radius 1 is 0.652 bits per heavy atom. The van der Waals surface area contributed by atoms with Gasteiger partial charge in [0.25, 0.3) is 0 Å². The number of hydrogen-bond acceptors (Lipinski definition) is 2. The van der Waals surface area contributed by atoms with Crippen LogP contribution in [0.4, 0.5) is 0 Å². The molecule has 5 fully saturated rings. The van der Waals surface area contributed by atoms with Gasteiger partial charge in [0, 0.05) is 19.1 Å². The molecule has 5 rings (SSSR count). The fourth-order valence-electron chi connectivity index (χ4n) is 6.64. The molecule has 0 aliphatic heterocycles. The SMILES string of the molecule is C1CCCC(CNCCNC2C3CC4CC(C3)CC2C4)CCC1. The van der Waals surface area contributed by atoms with E-state index in [1.165, 1.54) is 64.6 Å². The van der Waals surface area contributed by atoms with Crippen molar-refractivity contribution in [1.29, 1.82) is 0 Å². The molecule has 5 aliphatic carbocycles. The molecule has 0 spiro atoms. The summed E-state index contributed by atoms with van der Waals surface area (Å²) in [6.07, 6.45) is 18.1. The van der Waals surface area contributed by atoms with Crippen LogP contribution < -0.4 is 10.6 Å². The van der Waals surface area contributed by atoms with Crippen LogP contribution in [0, 0.1) is 29.6 Å². The van der Waals surface area contributed by atoms with E-state index in [2.05, 4.69) is 10.6 Å². The van der Waals surface area contributed by atoms with Crippen molar-refractivity contribution in [3.8, 4) is 0 Å². The van der Waals surface area contributed by atoms with Gasteiger partial charge in [-0.1, -0.05) is 32.1 Å². The number of hydrogen-bond donors (Lipinski definition) is 2. The van der Waals surface area contributed by atoms with E-state index in [0.717, 1.165) is 35.6 Å². The maximum Gasteiger partial charge on any atom is 0.0124 e. The van der Waals surface area contributed by atoms with E-state index in [1.807, 2.05) is 0 Å². The standard InChI is InChI=1S/C21H38N2/c1-2-4-6-16(7-5-3-1)15-22-8-9-23-21-19-11-17-10-18(13-19)14-20(21)12-17/h16-23H,1-15H2. The highest BCUT2D eigenvalue weighted by atomic mass is 15.0. The summed E-state index contributed by atoms with van der Waals surface area (Å²) >= 11 is 0. The molecule has 0 saturated heterocycles. The summed E-state index contributed by atoms with van der Waals surface area (Å²) in [6.45, 7) is 3.64. The molecule has 0 radical (unpaired) electrons. The van der Waals surface area contributed by atoms with E-state index in [0.29, 0.717) is 0 Å². The van der Waals surface area contributed by atoms with Gasteiger partial charge < -0.3 is 10.6 Å². The van der Waals surface area contributed by atoms with Crippen molar-refractivity contribution in [2.75, 3.05) is 19.6 Å². The van der Waals surface area contributed by atoms with Gasteiger partial charge >= 0.3 is 0 Å². The first-order chi connectivity index (χ1) is 11.4. The maximum atomic E-state index is 3.96. The average molecular weight is 319 g/mol. The van der Waals surface area contributed by atoms with Crippen LogP contribution in [-0.4, -0.2) is 25.7 Å². The Balaban J connectivity index is 1.12. The van der Waals surface area contributed by atoms with E-state index in [-0.39, 0.29) is 0 Å². The van der Waals surface area contributed by atoms with Gasteiger partial charge in [-0.05, 0) is 81.1 Å². The lowest BCUT2D eigenvalue weighted by Crippen LogP contribution is -2.55. The van der Waals surface area contributed by atoms with Gasteiger partial charge in [0.15, 0.2) is 0 Å². The lowest BCUT2D eigenvalue weighted by molar-refractivity contribution is -0.0133. The predicted molar refractivity (Wildman–Crippen MR) is 97.5 cm³/mol. The molecule has 0 heterocycles. The summed E-state index contributed by atoms with van der Waals surface area (Å²) in [5.74, 6) is 5.21. The van der Waals surface area contributed by atoms with Gasteiger partial charge in [-0.15, -0.1) is 0 Å². The van der Waals surface area contributed by atoms with Gasteiger partial charge in [0.05, 0.1) is 0 Å². The molecule has 4 bridgehead atoms. The van der Waals surface area contributed by atoms with Crippen LogP contribution in [0.3, 0.4) is 0 Å². The van der Waals surface area contributed by atoms with Crippen molar-refractivity contribution in [3.63, 3.8) is 0 Å². The van der Waals surface area contributed by atoms with Crippen LogP contribution in [-0.2, 0) is 0 Å². The zero-order chi connectivity index (χ0) is 15.5. The summed E-state index contributed by atoms with van der Waals surface area (Å²) in [7, 11) is 0. The minimum Gasteiger partial charge on any atom is -0.315 e. The van der Waals surface area contributed by atoms with Crippen LogP contribution in [0.15, 0.2) is 0 Å². The van der Waals surface area contributed by atoms with Crippen molar-refractivity contribution < 1.29 is 0 Å². The van der Waals surface area contributed by atoms with Gasteiger partial charge in [-0.3, -0.25) is 0 Å². The highest BCUT2D eigenvalue weighted by molar-refractivity contribution is 5.01. The van der Waals surface area contributed by atoms with Crippen LogP contribution in [0.2, 0.25) is 0 Å². The van der Waals surface area contributed by atoms with Crippen LogP contribution in [0.1, 0.15) is 77.0 Å². The molecule has 5 saturated carbocycles. The minimum atomic E-state index is 0.867. The average Bonchev–Trinajstić information content (AvgIpc) is 2.50. The first-order valence-corrected chi connectivity index (χ1v) is 10.8. The first kappa shape index (κ1) is 16.4. The smallest absolute Gasteiger partial charge is 0.0124 e. The molecule has 2 N–H and O–H groups in total. The second-order valence-electron chi connectivity index (χ2n) is 9.33. The van der Waals surface area contributed by atoms with E-state index in [4.69, 9.17) is 0 Å². The zero-order valence-electron chi connectivity index (χ0n) is 15.1. The summed E-state index contributed by atoms with van der Waals surface area (Å²) in [6, 6.07) is 0.867. The Morgan fingerprint density at radius 3 is 1.91 bits per heavy atom. The van der Waals surface area contributed by atoms with E-state index >= 15 is 0 Å².